The van der Waals surface area contributed by atoms with E-state index in [2.05, 4.69) is 31.6 Å². The molecule has 1 aromatic heterocycles. The van der Waals surface area contributed by atoms with E-state index in [1.165, 1.54) is 0 Å². The number of fused-ring (bicyclic) bond motifs is 5. The van der Waals surface area contributed by atoms with Crippen LogP contribution in [0.4, 0.5) is 0 Å². The predicted molar refractivity (Wildman–Crippen MR) is 114 cm³/mol. The molecule has 1 saturated heterocycles. The first-order valence-electron chi connectivity index (χ1n) is 10.5. The minimum atomic E-state index is -0.483. The minimum absolute atomic E-state index is 0.145. The van der Waals surface area contributed by atoms with Crippen molar-refractivity contribution in [2.45, 2.75) is 57.7 Å². The molecule has 0 unspecified atom stereocenters. The van der Waals surface area contributed by atoms with Crippen molar-refractivity contribution in [3.05, 3.63) is 40.1 Å². The van der Waals surface area contributed by atoms with Gasteiger partial charge in [-0.3, -0.25) is 14.3 Å². The summed E-state index contributed by atoms with van der Waals surface area (Å²) in [6.45, 7) is 2.25. The fourth-order valence-electron chi connectivity index (χ4n) is 3.95. The van der Waals surface area contributed by atoms with E-state index >= 15 is 0 Å². The van der Waals surface area contributed by atoms with Gasteiger partial charge in [-0.25, -0.2) is 0 Å². The number of carbonyl (C=O) groups excluding carboxylic acids is 2. The Morgan fingerprint density at radius 3 is 2.83 bits per heavy atom. The maximum atomic E-state index is 13.3. The van der Waals surface area contributed by atoms with Gasteiger partial charge in [0.15, 0.2) is 0 Å². The highest BCUT2D eigenvalue weighted by molar-refractivity contribution is 9.10. The number of benzene rings is 1. The summed E-state index contributed by atoms with van der Waals surface area (Å²) in [4.78, 5) is 27.9. The standard InChI is InChI=1S/C21H26BrN5O3/c22-16-10-15-11-18(12-16)30-9-5-1-3-7-26-14-17(24-25-26)13-23-20(28)19-6-2-4-8-27(19)21(15)29/h10-12,14,19H,1-9,13H2,(H,23,28)/t19-/m0/s1. The average Bonchev–Trinajstić information content (AvgIpc) is 3.20. The molecule has 2 amide bonds. The van der Waals surface area contributed by atoms with Gasteiger partial charge in [0, 0.05) is 23.1 Å². The van der Waals surface area contributed by atoms with Gasteiger partial charge in [0.1, 0.15) is 17.5 Å². The van der Waals surface area contributed by atoms with Gasteiger partial charge in [-0.2, -0.15) is 0 Å². The third-order valence-corrected chi connectivity index (χ3v) is 5.97. The molecular formula is C21H26BrN5O3. The first-order valence-corrected chi connectivity index (χ1v) is 11.3. The Morgan fingerprint density at radius 2 is 1.93 bits per heavy atom. The summed E-state index contributed by atoms with van der Waals surface area (Å²) in [6.07, 6.45) is 7.22. The maximum absolute atomic E-state index is 13.3. The van der Waals surface area contributed by atoms with E-state index in [4.69, 9.17) is 4.74 Å². The van der Waals surface area contributed by atoms with Crippen molar-refractivity contribution in [3.63, 3.8) is 0 Å². The molecule has 4 rings (SSSR count). The van der Waals surface area contributed by atoms with Crippen LogP contribution in [0.3, 0.4) is 0 Å². The molecule has 1 aromatic carbocycles. The van der Waals surface area contributed by atoms with Crippen molar-refractivity contribution in [3.8, 4) is 5.75 Å². The number of nitrogens with zero attached hydrogens (tertiary/aromatic N) is 4. The van der Waals surface area contributed by atoms with E-state index < -0.39 is 6.04 Å². The number of aryl methyl sites for hydroxylation is 1. The van der Waals surface area contributed by atoms with Gasteiger partial charge in [-0.15, -0.1) is 5.10 Å². The molecule has 4 bridgehead atoms. The second kappa shape index (κ2) is 9.59. The normalized spacial score (nSPS) is 21.1. The zero-order valence-corrected chi connectivity index (χ0v) is 18.4. The molecule has 0 radical (unpaired) electrons. The maximum Gasteiger partial charge on any atom is 0.254 e. The summed E-state index contributed by atoms with van der Waals surface area (Å²) in [5, 5.41) is 11.2. The fourth-order valence-corrected chi connectivity index (χ4v) is 4.42. The molecule has 30 heavy (non-hydrogen) atoms. The van der Waals surface area contributed by atoms with Gasteiger partial charge in [0.2, 0.25) is 5.91 Å². The Hall–Kier alpha value is -2.42. The van der Waals surface area contributed by atoms with Crippen LogP contribution in [0.2, 0.25) is 0 Å². The highest BCUT2D eigenvalue weighted by Gasteiger charge is 2.33. The van der Waals surface area contributed by atoms with Crippen molar-refractivity contribution in [1.82, 2.24) is 25.2 Å². The molecule has 0 saturated carbocycles. The molecule has 1 N–H and O–H groups in total. The number of hydrogen-bond donors (Lipinski definition) is 1. The lowest BCUT2D eigenvalue weighted by Crippen LogP contribution is -2.51. The Labute approximate surface area is 184 Å². The highest BCUT2D eigenvalue weighted by Crippen LogP contribution is 2.26. The smallest absolute Gasteiger partial charge is 0.254 e. The van der Waals surface area contributed by atoms with Crippen molar-refractivity contribution >= 4 is 27.7 Å². The van der Waals surface area contributed by atoms with E-state index in [-0.39, 0.29) is 11.8 Å². The number of aromatic nitrogens is 3. The molecule has 2 aliphatic heterocycles. The Kier molecular flexibility index (Phi) is 6.66. The molecule has 8 nitrogen and oxygen atoms in total. The molecule has 0 aliphatic carbocycles. The van der Waals surface area contributed by atoms with E-state index in [1.54, 1.807) is 17.0 Å². The lowest BCUT2D eigenvalue weighted by molar-refractivity contribution is -0.126. The van der Waals surface area contributed by atoms with Crippen molar-refractivity contribution in [2.75, 3.05) is 13.2 Å². The van der Waals surface area contributed by atoms with Crippen LogP contribution in [-0.4, -0.2) is 50.9 Å². The molecule has 3 heterocycles. The molecule has 9 heteroatoms. The fraction of sp³-hybridized carbons (Fsp3) is 0.524. The largest absolute Gasteiger partial charge is 0.494 e. The molecule has 0 spiro atoms. The molecule has 1 fully saturated rings. The summed E-state index contributed by atoms with van der Waals surface area (Å²) < 4.78 is 8.49. The zero-order chi connectivity index (χ0) is 20.9. The van der Waals surface area contributed by atoms with E-state index in [9.17, 15) is 9.59 Å². The summed E-state index contributed by atoms with van der Waals surface area (Å²) in [7, 11) is 0. The van der Waals surface area contributed by atoms with Gasteiger partial charge in [0.25, 0.3) is 5.91 Å². The monoisotopic (exact) mass is 475 g/mol. The SMILES string of the molecule is O=C1NCc2cn(nn2)CCCCCOc2cc(Br)cc(c2)C(=O)N2CCCC[C@@H]12. The number of carbonyl (C=O) groups is 2. The predicted octanol–water partition coefficient (Wildman–Crippen LogP) is 2.91. The first kappa shape index (κ1) is 20.8. The van der Waals surface area contributed by atoms with Crippen LogP contribution in [0.25, 0.3) is 0 Å². The third kappa shape index (κ3) is 5.00. The second-order valence-electron chi connectivity index (χ2n) is 7.79. The van der Waals surface area contributed by atoms with E-state index in [1.807, 2.05) is 16.9 Å². The summed E-state index contributed by atoms with van der Waals surface area (Å²) in [6, 6.07) is 4.94. The Balaban J connectivity index is 1.59. The number of rotatable bonds is 0. The van der Waals surface area contributed by atoms with Crippen molar-refractivity contribution in [2.24, 2.45) is 0 Å². The van der Waals surface area contributed by atoms with Gasteiger partial charge >= 0.3 is 0 Å². The molecule has 1 atom stereocenters. The van der Waals surface area contributed by atoms with Gasteiger partial charge < -0.3 is 15.0 Å². The molecule has 2 aliphatic rings. The number of amides is 2. The van der Waals surface area contributed by atoms with Crippen molar-refractivity contribution in [1.29, 1.82) is 0 Å². The van der Waals surface area contributed by atoms with Gasteiger partial charge in [-0.05, 0) is 56.7 Å². The van der Waals surface area contributed by atoms with E-state index in [0.29, 0.717) is 37.4 Å². The Morgan fingerprint density at radius 1 is 1.07 bits per heavy atom. The van der Waals surface area contributed by atoms with Crippen LogP contribution >= 0.6 is 15.9 Å². The lowest BCUT2D eigenvalue weighted by atomic mass is 10.00. The number of nitrogens with one attached hydrogen (secondary N) is 1. The van der Waals surface area contributed by atoms with Crippen LogP contribution < -0.4 is 10.1 Å². The van der Waals surface area contributed by atoms with Crippen LogP contribution in [0.5, 0.6) is 5.75 Å². The summed E-state index contributed by atoms with van der Waals surface area (Å²) in [5.41, 5.74) is 1.25. The minimum Gasteiger partial charge on any atom is -0.494 e. The van der Waals surface area contributed by atoms with Crippen LogP contribution in [0.15, 0.2) is 28.9 Å². The first-order chi connectivity index (χ1) is 14.6. The van der Waals surface area contributed by atoms with Crippen LogP contribution in [-0.2, 0) is 17.9 Å². The number of hydrogen-bond acceptors (Lipinski definition) is 5. The third-order valence-electron chi connectivity index (χ3n) is 5.51. The molecule has 160 valence electrons. The summed E-state index contributed by atoms with van der Waals surface area (Å²) >= 11 is 3.48. The number of piperidine rings is 1. The number of ether oxygens (including phenoxy) is 1. The second-order valence-corrected chi connectivity index (χ2v) is 8.70. The van der Waals surface area contributed by atoms with E-state index in [0.717, 1.165) is 48.8 Å². The molecular weight excluding hydrogens is 450 g/mol. The highest BCUT2D eigenvalue weighted by atomic mass is 79.9. The van der Waals surface area contributed by atoms with Crippen LogP contribution in [0, 0.1) is 0 Å². The average molecular weight is 476 g/mol. The topological polar surface area (TPSA) is 89.4 Å². The quantitative estimate of drug-likeness (QED) is 0.632. The van der Waals surface area contributed by atoms with Gasteiger partial charge in [-0.1, -0.05) is 21.1 Å². The van der Waals surface area contributed by atoms with Crippen LogP contribution in [0.1, 0.15) is 54.6 Å². The molecule has 2 aromatic rings. The van der Waals surface area contributed by atoms with Crippen molar-refractivity contribution < 1.29 is 14.3 Å². The summed E-state index contributed by atoms with van der Waals surface area (Å²) in [5.74, 6) is 0.367. The van der Waals surface area contributed by atoms with Gasteiger partial charge in [0.05, 0.1) is 19.3 Å². The zero-order valence-electron chi connectivity index (χ0n) is 16.8. The Bertz CT molecular complexity index is 916. The lowest BCUT2D eigenvalue weighted by Gasteiger charge is -2.34. The number of halogens is 1.